The first-order valence-corrected chi connectivity index (χ1v) is 15.0. The monoisotopic (exact) mass is 451 g/mol. The first kappa shape index (κ1) is 30.0. The summed E-state index contributed by atoms with van der Waals surface area (Å²) in [4.78, 5) is 2.41. The van der Waals surface area contributed by atoms with Gasteiger partial charge in [-0.2, -0.15) is 0 Å². The van der Waals surface area contributed by atoms with Crippen molar-refractivity contribution in [2.45, 2.75) is 179 Å². The lowest BCUT2D eigenvalue weighted by atomic mass is 9.76. The molecule has 1 atom stereocenters. The lowest BCUT2D eigenvalue weighted by molar-refractivity contribution is 0.0290. The van der Waals surface area contributed by atoms with Crippen LogP contribution in [0.3, 0.4) is 0 Å². The highest BCUT2D eigenvalue weighted by Gasteiger charge is 2.35. The maximum atomic E-state index is 10.6. The minimum Gasteiger partial charge on any atom is -0.393 e. The molecule has 0 amide bonds. The van der Waals surface area contributed by atoms with Crippen LogP contribution in [0.15, 0.2) is 0 Å². The van der Waals surface area contributed by atoms with Crippen molar-refractivity contribution in [1.82, 2.24) is 4.90 Å². The Hall–Kier alpha value is -0.0800. The molecule has 1 aliphatic carbocycles. The second-order valence-corrected chi connectivity index (χ2v) is 11.3. The van der Waals surface area contributed by atoms with Gasteiger partial charge in [-0.25, -0.2) is 0 Å². The largest absolute Gasteiger partial charge is 0.393 e. The van der Waals surface area contributed by atoms with Crippen molar-refractivity contribution >= 4 is 0 Å². The van der Waals surface area contributed by atoms with E-state index in [4.69, 9.17) is 0 Å². The molecule has 1 aliphatic rings. The van der Waals surface area contributed by atoms with E-state index >= 15 is 0 Å². The highest BCUT2D eigenvalue weighted by atomic mass is 16.3. The molecule has 32 heavy (non-hydrogen) atoms. The van der Waals surface area contributed by atoms with E-state index in [1.54, 1.807) is 0 Å². The molecule has 1 rings (SSSR count). The summed E-state index contributed by atoms with van der Waals surface area (Å²) in [6.07, 6.45) is 34.1. The van der Waals surface area contributed by atoms with Gasteiger partial charge in [0, 0.05) is 5.54 Å². The average molecular weight is 452 g/mol. The van der Waals surface area contributed by atoms with Gasteiger partial charge in [-0.05, 0) is 39.8 Å². The summed E-state index contributed by atoms with van der Waals surface area (Å²) in [6.45, 7) is 2.30. The quantitative estimate of drug-likeness (QED) is 0.166. The minimum atomic E-state index is -0.100. The normalized spacial score (nSPS) is 17.2. The lowest BCUT2D eigenvalue weighted by Crippen LogP contribution is -2.48. The Bertz CT molecular complexity index is 388. The molecule has 0 aromatic heterocycles. The summed E-state index contributed by atoms with van der Waals surface area (Å²) in [6, 6.07) is 0. The fourth-order valence-electron chi connectivity index (χ4n) is 5.87. The van der Waals surface area contributed by atoms with Crippen LogP contribution < -0.4 is 0 Å². The fourth-order valence-corrected chi connectivity index (χ4v) is 5.87. The Kier molecular flexibility index (Phi) is 19.0. The molecule has 0 aromatic rings. The van der Waals surface area contributed by atoms with E-state index in [0.717, 1.165) is 12.8 Å². The lowest BCUT2D eigenvalue weighted by Gasteiger charge is -2.44. The molecule has 0 spiro atoms. The maximum absolute atomic E-state index is 10.6. The van der Waals surface area contributed by atoms with E-state index in [-0.39, 0.29) is 11.6 Å². The maximum Gasteiger partial charge on any atom is 0.0557 e. The van der Waals surface area contributed by atoms with Gasteiger partial charge in [0.2, 0.25) is 0 Å². The molecular weight excluding hydrogens is 390 g/mol. The van der Waals surface area contributed by atoms with Crippen molar-refractivity contribution in [1.29, 1.82) is 0 Å². The number of hydrogen-bond acceptors (Lipinski definition) is 2. The van der Waals surface area contributed by atoms with Crippen LogP contribution in [0.2, 0.25) is 0 Å². The number of aliphatic hydroxyl groups is 1. The molecular formula is C30H61NO. The predicted octanol–water partition coefficient (Wildman–Crippen LogP) is 9.43. The second-order valence-electron chi connectivity index (χ2n) is 11.3. The summed E-state index contributed by atoms with van der Waals surface area (Å²) in [7, 11) is 4.43. The van der Waals surface area contributed by atoms with Crippen molar-refractivity contribution in [3.05, 3.63) is 0 Å². The van der Waals surface area contributed by atoms with Crippen molar-refractivity contribution in [2.75, 3.05) is 14.1 Å². The highest BCUT2D eigenvalue weighted by molar-refractivity contribution is 4.92. The number of rotatable bonds is 22. The topological polar surface area (TPSA) is 23.5 Å². The van der Waals surface area contributed by atoms with Gasteiger partial charge in [-0.15, -0.1) is 0 Å². The van der Waals surface area contributed by atoms with Crippen LogP contribution in [-0.4, -0.2) is 35.7 Å². The molecule has 0 aromatic carbocycles. The van der Waals surface area contributed by atoms with Crippen LogP contribution in [0.25, 0.3) is 0 Å². The number of aliphatic hydroxyl groups excluding tert-OH is 1. The Balaban J connectivity index is 1.83. The Morgan fingerprint density at radius 2 is 0.969 bits per heavy atom. The molecule has 0 bridgehead atoms. The number of unbranched alkanes of at least 4 members (excludes halogenated alkanes) is 17. The third-order valence-corrected chi connectivity index (χ3v) is 8.24. The van der Waals surface area contributed by atoms with Gasteiger partial charge >= 0.3 is 0 Å². The van der Waals surface area contributed by atoms with Crippen LogP contribution in [0, 0.1) is 0 Å². The van der Waals surface area contributed by atoms with Gasteiger partial charge in [0.25, 0.3) is 0 Å². The van der Waals surface area contributed by atoms with Crippen LogP contribution in [0.5, 0.6) is 0 Å². The molecule has 2 nitrogen and oxygen atoms in total. The molecule has 2 heteroatoms. The molecule has 0 saturated heterocycles. The summed E-state index contributed by atoms with van der Waals surface area (Å²) in [5.41, 5.74) is 0.270. The van der Waals surface area contributed by atoms with Gasteiger partial charge in [-0.1, -0.05) is 142 Å². The van der Waals surface area contributed by atoms with Crippen molar-refractivity contribution in [3.8, 4) is 0 Å². The summed E-state index contributed by atoms with van der Waals surface area (Å²) in [5.74, 6) is 0. The zero-order valence-electron chi connectivity index (χ0n) is 22.6. The van der Waals surface area contributed by atoms with Crippen molar-refractivity contribution in [3.63, 3.8) is 0 Å². The van der Waals surface area contributed by atoms with Gasteiger partial charge < -0.3 is 10.0 Å². The zero-order valence-corrected chi connectivity index (χ0v) is 22.6. The van der Waals surface area contributed by atoms with Crippen molar-refractivity contribution in [2.24, 2.45) is 0 Å². The van der Waals surface area contributed by atoms with Gasteiger partial charge in [0.05, 0.1) is 6.10 Å². The van der Waals surface area contributed by atoms with Gasteiger partial charge in [0.15, 0.2) is 0 Å². The first-order valence-electron chi connectivity index (χ1n) is 15.0. The molecule has 1 unspecified atom stereocenters. The van der Waals surface area contributed by atoms with Gasteiger partial charge in [-0.3, -0.25) is 0 Å². The van der Waals surface area contributed by atoms with E-state index in [1.165, 1.54) is 148 Å². The second kappa shape index (κ2) is 20.3. The summed E-state index contributed by atoms with van der Waals surface area (Å²) in [5, 5.41) is 10.6. The fraction of sp³-hybridized carbons (Fsp3) is 1.00. The minimum absolute atomic E-state index is 0.100. The highest BCUT2D eigenvalue weighted by Crippen LogP contribution is 2.36. The third-order valence-electron chi connectivity index (χ3n) is 8.24. The number of hydrogen-bond donors (Lipinski definition) is 1. The van der Waals surface area contributed by atoms with E-state index < -0.39 is 0 Å². The molecule has 1 N–H and O–H groups in total. The Morgan fingerprint density at radius 1 is 0.594 bits per heavy atom. The first-order chi connectivity index (χ1) is 15.6. The molecule has 1 fully saturated rings. The van der Waals surface area contributed by atoms with E-state index in [2.05, 4.69) is 25.9 Å². The zero-order chi connectivity index (χ0) is 23.3. The Morgan fingerprint density at radius 3 is 1.34 bits per heavy atom. The van der Waals surface area contributed by atoms with E-state index in [1.807, 2.05) is 0 Å². The molecule has 192 valence electrons. The van der Waals surface area contributed by atoms with E-state index in [0.29, 0.717) is 0 Å². The smallest absolute Gasteiger partial charge is 0.0557 e. The average Bonchev–Trinajstić information content (AvgIpc) is 2.78. The molecule has 0 aliphatic heterocycles. The summed E-state index contributed by atoms with van der Waals surface area (Å²) < 4.78 is 0. The van der Waals surface area contributed by atoms with E-state index in [9.17, 15) is 5.11 Å². The predicted molar refractivity (Wildman–Crippen MR) is 144 cm³/mol. The van der Waals surface area contributed by atoms with Crippen molar-refractivity contribution < 1.29 is 5.11 Å². The SMILES string of the molecule is CCCCCCCCCCCCCCCCCCCCC(O)CC1(N(C)C)CCCCC1. The molecule has 0 heterocycles. The number of nitrogens with zero attached hydrogens (tertiary/aromatic N) is 1. The summed E-state index contributed by atoms with van der Waals surface area (Å²) >= 11 is 0. The Labute approximate surface area is 203 Å². The van der Waals surface area contributed by atoms with Crippen LogP contribution in [0.1, 0.15) is 167 Å². The standard InChI is InChI=1S/C30H61NO/c1-4-5-6-7-8-9-10-11-12-13-14-15-16-17-18-19-20-22-25-29(32)28-30(31(2)3)26-23-21-24-27-30/h29,32H,4-28H2,1-3H3. The van der Waals surface area contributed by atoms with Gasteiger partial charge in [0.1, 0.15) is 0 Å². The van der Waals surface area contributed by atoms with Crippen LogP contribution >= 0.6 is 0 Å². The third kappa shape index (κ3) is 14.9. The molecule has 1 saturated carbocycles. The molecule has 0 radical (unpaired) electrons. The van der Waals surface area contributed by atoms with Crippen LogP contribution in [-0.2, 0) is 0 Å². The van der Waals surface area contributed by atoms with Crippen LogP contribution in [0.4, 0.5) is 0 Å².